The zero-order chi connectivity index (χ0) is 18.4. The van der Waals surface area contributed by atoms with Gasteiger partial charge in [-0.25, -0.2) is 0 Å². The van der Waals surface area contributed by atoms with Crippen molar-refractivity contribution in [3.8, 4) is 0 Å². The molecule has 2 aromatic rings. The van der Waals surface area contributed by atoms with Crippen molar-refractivity contribution in [2.75, 3.05) is 25.5 Å². The molecule has 2 amide bonds. The van der Waals surface area contributed by atoms with E-state index >= 15 is 0 Å². The highest BCUT2D eigenvalue weighted by Gasteiger charge is 2.23. The van der Waals surface area contributed by atoms with Crippen molar-refractivity contribution < 1.29 is 9.59 Å². The zero-order valence-corrected chi connectivity index (χ0v) is 15.1. The van der Waals surface area contributed by atoms with Crippen molar-refractivity contribution in [1.29, 1.82) is 0 Å². The molecule has 0 saturated heterocycles. The third kappa shape index (κ3) is 5.70. The Morgan fingerprint density at radius 1 is 0.962 bits per heavy atom. The van der Waals surface area contributed by atoms with E-state index in [1.54, 1.807) is 11.9 Å². The Labute approximate surface area is 154 Å². The molecule has 0 bridgehead atoms. The van der Waals surface area contributed by atoms with Crippen LogP contribution in [-0.4, -0.2) is 42.9 Å². The standard InChI is InChI=1S/C21H25N3O2/c1-24(14-20(25)22-18-11-12-18)15-21(26)23-19-10-6-5-9-17(19)13-16-7-3-2-4-8-16/h2-10,18H,11-15H2,1H3,(H,22,25)(H,23,26). The van der Waals surface area contributed by atoms with Crippen LogP contribution < -0.4 is 10.6 Å². The molecule has 1 aliphatic carbocycles. The minimum absolute atomic E-state index is 0.0210. The van der Waals surface area contributed by atoms with Crippen molar-refractivity contribution in [2.24, 2.45) is 0 Å². The molecule has 3 rings (SSSR count). The fourth-order valence-corrected chi connectivity index (χ4v) is 2.85. The molecule has 1 fully saturated rings. The molecule has 136 valence electrons. The molecule has 5 heteroatoms. The first-order chi connectivity index (χ1) is 12.6. The van der Waals surface area contributed by atoms with Gasteiger partial charge in [-0.2, -0.15) is 0 Å². The van der Waals surface area contributed by atoms with E-state index in [9.17, 15) is 9.59 Å². The third-order valence-electron chi connectivity index (χ3n) is 4.30. The Bertz CT molecular complexity index is 757. The molecule has 0 spiro atoms. The first-order valence-electron chi connectivity index (χ1n) is 9.00. The fourth-order valence-electron chi connectivity index (χ4n) is 2.85. The largest absolute Gasteiger partial charge is 0.352 e. The molecule has 0 aromatic heterocycles. The topological polar surface area (TPSA) is 61.4 Å². The lowest BCUT2D eigenvalue weighted by Crippen LogP contribution is -2.39. The second-order valence-electron chi connectivity index (χ2n) is 6.88. The summed E-state index contributed by atoms with van der Waals surface area (Å²) in [6.07, 6.45) is 2.89. The number of hydrogen-bond donors (Lipinski definition) is 2. The van der Waals surface area contributed by atoms with Gasteiger partial charge in [0.25, 0.3) is 0 Å². The van der Waals surface area contributed by atoms with Crippen LogP contribution in [-0.2, 0) is 16.0 Å². The number of nitrogens with one attached hydrogen (secondary N) is 2. The normalized spacial score (nSPS) is 13.5. The summed E-state index contributed by atoms with van der Waals surface area (Å²) in [6.45, 7) is 0.410. The number of nitrogens with zero attached hydrogens (tertiary/aromatic N) is 1. The summed E-state index contributed by atoms with van der Waals surface area (Å²) in [4.78, 5) is 25.9. The second kappa shape index (κ2) is 8.63. The Morgan fingerprint density at radius 2 is 1.62 bits per heavy atom. The number of likely N-dealkylation sites (N-methyl/N-ethyl adjacent to an activating group) is 1. The Balaban J connectivity index is 1.54. The number of rotatable bonds is 8. The summed E-state index contributed by atoms with van der Waals surface area (Å²) in [5.41, 5.74) is 3.08. The molecule has 0 atom stereocenters. The number of hydrogen-bond acceptors (Lipinski definition) is 3. The van der Waals surface area contributed by atoms with Crippen LogP contribution in [0.5, 0.6) is 0 Å². The van der Waals surface area contributed by atoms with E-state index in [4.69, 9.17) is 0 Å². The maximum Gasteiger partial charge on any atom is 0.238 e. The van der Waals surface area contributed by atoms with E-state index < -0.39 is 0 Å². The molecule has 0 unspecified atom stereocenters. The van der Waals surface area contributed by atoms with Crippen molar-refractivity contribution in [2.45, 2.75) is 25.3 Å². The van der Waals surface area contributed by atoms with Crippen molar-refractivity contribution in [3.05, 3.63) is 65.7 Å². The smallest absolute Gasteiger partial charge is 0.238 e. The lowest BCUT2D eigenvalue weighted by Gasteiger charge is -2.17. The van der Waals surface area contributed by atoms with Crippen molar-refractivity contribution >= 4 is 17.5 Å². The molecular weight excluding hydrogens is 326 g/mol. The van der Waals surface area contributed by atoms with Gasteiger partial charge in [0.15, 0.2) is 0 Å². The lowest BCUT2D eigenvalue weighted by atomic mass is 10.0. The number of carbonyl (C=O) groups excluding carboxylic acids is 2. The Morgan fingerprint density at radius 3 is 2.35 bits per heavy atom. The van der Waals surface area contributed by atoms with Gasteiger partial charge in [0, 0.05) is 11.7 Å². The van der Waals surface area contributed by atoms with Crippen LogP contribution in [0.25, 0.3) is 0 Å². The van der Waals surface area contributed by atoms with Gasteiger partial charge >= 0.3 is 0 Å². The zero-order valence-electron chi connectivity index (χ0n) is 15.1. The third-order valence-corrected chi connectivity index (χ3v) is 4.30. The van der Waals surface area contributed by atoms with Crippen LogP contribution in [0.4, 0.5) is 5.69 Å². The van der Waals surface area contributed by atoms with Crippen LogP contribution in [0.3, 0.4) is 0 Å². The first-order valence-corrected chi connectivity index (χ1v) is 9.00. The predicted molar refractivity (Wildman–Crippen MR) is 103 cm³/mol. The van der Waals surface area contributed by atoms with Gasteiger partial charge in [0.1, 0.15) is 0 Å². The monoisotopic (exact) mass is 351 g/mol. The van der Waals surface area contributed by atoms with Gasteiger partial charge in [-0.05, 0) is 43.5 Å². The second-order valence-corrected chi connectivity index (χ2v) is 6.88. The molecule has 0 heterocycles. The first kappa shape index (κ1) is 18.1. The van der Waals surface area contributed by atoms with E-state index in [1.165, 1.54) is 5.56 Å². The molecule has 0 aliphatic heterocycles. The highest BCUT2D eigenvalue weighted by molar-refractivity contribution is 5.93. The van der Waals surface area contributed by atoms with Crippen molar-refractivity contribution in [3.63, 3.8) is 0 Å². The average Bonchev–Trinajstić information content (AvgIpc) is 3.41. The van der Waals surface area contributed by atoms with Gasteiger partial charge in [0.05, 0.1) is 13.1 Å². The van der Waals surface area contributed by atoms with Gasteiger partial charge < -0.3 is 10.6 Å². The van der Waals surface area contributed by atoms with Gasteiger partial charge in [0.2, 0.25) is 11.8 Å². The van der Waals surface area contributed by atoms with E-state index in [-0.39, 0.29) is 24.9 Å². The van der Waals surface area contributed by atoms with E-state index in [1.807, 2.05) is 42.5 Å². The SMILES string of the molecule is CN(CC(=O)Nc1ccccc1Cc1ccccc1)CC(=O)NC1CC1. The predicted octanol–water partition coefficient (Wildman–Crippen LogP) is 2.43. The highest BCUT2D eigenvalue weighted by atomic mass is 16.2. The maximum absolute atomic E-state index is 12.4. The molecule has 26 heavy (non-hydrogen) atoms. The summed E-state index contributed by atoms with van der Waals surface area (Å²) < 4.78 is 0. The van der Waals surface area contributed by atoms with E-state index in [2.05, 4.69) is 22.8 Å². The number of benzene rings is 2. The van der Waals surface area contributed by atoms with E-state index in [0.717, 1.165) is 30.5 Å². The van der Waals surface area contributed by atoms with Crippen LogP contribution in [0.1, 0.15) is 24.0 Å². The Hall–Kier alpha value is -2.66. The minimum Gasteiger partial charge on any atom is -0.352 e. The quantitative estimate of drug-likeness (QED) is 0.768. The minimum atomic E-state index is -0.118. The molecule has 5 nitrogen and oxygen atoms in total. The number of carbonyl (C=O) groups is 2. The summed E-state index contributed by atoms with van der Waals surface area (Å²) in [5.74, 6) is -0.139. The van der Waals surface area contributed by atoms with Crippen LogP contribution in [0.2, 0.25) is 0 Å². The molecule has 1 saturated carbocycles. The lowest BCUT2D eigenvalue weighted by molar-refractivity contribution is -0.123. The fraction of sp³-hybridized carbons (Fsp3) is 0.333. The van der Waals surface area contributed by atoms with Crippen LogP contribution in [0.15, 0.2) is 54.6 Å². The van der Waals surface area contributed by atoms with Gasteiger partial charge in [-0.15, -0.1) is 0 Å². The summed E-state index contributed by atoms with van der Waals surface area (Å²) in [7, 11) is 1.78. The summed E-state index contributed by atoms with van der Waals surface area (Å²) >= 11 is 0. The molecular formula is C21H25N3O2. The molecule has 0 radical (unpaired) electrons. The van der Waals surface area contributed by atoms with Crippen LogP contribution >= 0.6 is 0 Å². The Kier molecular flexibility index (Phi) is 6.02. The molecule has 2 N–H and O–H groups in total. The summed E-state index contributed by atoms with van der Waals surface area (Å²) in [5, 5.41) is 5.91. The van der Waals surface area contributed by atoms with Crippen LogP contribution in [0, 0.1) is 0 Å². The number of amides is 2. The van der Waals surface area contributed by atoms with Gasteiger partial charge in [-0.3, -0.25) is 14.5 Å². The van der Waals surface area contributed by atoms with E-state index in [0.29, 0.717) is 6.04 Å². The average molecular weight is 351 g/mol. The van der Waals surface area contributed by atoms with Crippen molar-refractivity contribution in [1.82, 2.24) is 10.2 Å². The molecule has 2 aromatic carbocycles. The maximum atomic E-state index is 12.4. The molecule has 1 aliphatic rings. The summed E-state index contributed by atoms with van der Waals surface area (Å²) in [6, 6.07) is 18.3. The highest BCUT2D eigenvalue weighted by Crippen LogP contribution is 2.19. The number of anilines is 1. The number of para-hydroxylation sites is 1. The van der Waals surface area contributed by atoms with Gasteiger partial charge in [-0.1, -0.05) is 48.5 Å².